The number of hydrogen-bond donors (Lipinski definition) is 2. The van der Waals surface area contributed by atoms with Crippen LogP contribution in [0.25, 0.3) is 0 Å². The third-order valence-electron chi connectivity index (χ3n) is 2.16. The number of carbonyl (C=O) groups excluding carboxylic acids is 1. The lowest BCUT2D eigenvalue weighted by molar-refractivity contribution is 0.0941. The number of hydrogen-bond acceptors (Lipinski definition) is 2. The summed E-state index contributed by atoms with van der Waals surface area (Å²) in [7, 11) is 0. The molecule has 0 aliphatic heterocycles. The molecule has 2 N–H and O–H groups in total. The molecule has 0 aromatic heterocycles. The summed E-state index contributed by atoms with van der Waals surface area (Å²) in [4.78, 5) is 12.0. The van der Waals surface area contributed by atoms with E-state index in [0.29, 0.717) is 12.1 Å². The first-order valence-electron chi connectivity index (χ1n) is 4.99. The van der Waals surface area contributed by atoms with E-state index in [1.165, 1.54) is 0 Å². The molecular formula is C11H12I3NO2. The van der Waals surface area contributed by atoms with Gasteiger partial charge in [0.15, 0.2) is 0 Å². The van der Waals surface area contributed by atoms with E-state index < -0.39 is 0 Å². The van der Waals surface area contributed by atoms with Crippen LogP contribution in [-0.4, -0.2) is 24.2 Å². The zero-order valence-electron chi connectivity index (χ0n) is 9.14. The largest absolute Gasteiger partial charge is 0.396 e. The Balaban J connectivity index is 2.82. The van der Waals surface area contributed by atoms with Crippen molar-refractivity contribution in [2.24, 2.45) is 5.92 Å². The Kier molecular flexibility index (Phi) is 6.95. The van der Waals surface area contributed by atoms with Crippen LogP contribution >= 0.6 is 67.8 Å². The van der Waals surface area contributed by atoms with Gasteiger partial charge >= 0.3 is 0 Å². The minimum Gasteiger partial charge on any atom is -0.396 e. The number of benzene rings is 1. The molecule has 1 rings (SSSR count). The van der Waals surface area contributed by atoms with Gasteiger partial charge in [0.1, 0.15) is 0 Å². The summed E-state index contributed by atoms with van der Waals surface area (Å²) in [5.41, 5.74) is 0.701. The van der Waals surface area contributed by atoms with Crippen molar-refractivity contribution in [3.8, 4) is 0 Å². The Bertz CT molecular complexity index is 423. The number of aliphatic hydroxyl groups is 1. The van der Waals surface area contributed by atoms with Crippen LogP contribution in [0.15, 0.2) is 12.1 Å². The summed E-state index contributed by atoms with van der Waals surface area (Å²) < 4.78 is 3.10. The summed E-state index contributed by atoms with van der Waals surface area (Å²) in [6, 6.07) is 3.92. The first-order chi connectivity index (χ1) is 7.95. The lowest BCUT2D eigenvalue weighted by Crippen LogP contribution is -2.30. The van der Waals surface area contributed by atoms with E-state index in [-0.39, 0.29) is 18.4 Å². The summed E-state index contributed by atoms with van der Waals surface area (Å²) in [5.74, 6) is 0.00426. The molecule has 1 amide bonds. The third-order valence-corrected chi connectivity index (χ3v) is 5.83. The van der Waals surface area contributed by atoms with Crippen molar-refractivity contribution >= 4 is 73.7 Å². The molecule has 0 radical (unpaired) electrons. The van der Waals surface area contributed by atoms with Gasteiger partial charge in [-0.1, -0.05) is 6.92 Å². The van der Waals surface area contributed by atoms with Gasteiger partial charge in [-0.15, -0.1) is 0 Å². The summed E-state index contributed by atoms with van der Waals surface area (Å²) >= 11 is 6.61. The lowest BCUT2D eigenvalue weighted by Gasteiger charge is -2.11. The summed E-state index contributed by atoms with van der Waals surface area (Å²) in [6.45, 7) is 2.47. The molecule has 17 heavy (non-hydrogen) atoms. The standard InChI is InChI=1S/C11H12I3NO2/c1-6(5-16)4-15-11(17)8-2-7(12)3-9(13)10(8)14/h2-3,6,16H,4-5H2,1H3,(H,15,17). The second kappa shape index (κ2) is 7.43. The van der Waals surface area contributed by atoms with Gasteiger partial charge in [-0.2, -0.15) is 0 Å². The fraction of sp³-hybridized carbons (Fsp3) is 0.364. The summed E-state index contributed by atoms with van der Waals surface area (Å²) in [6.07, 6.45) is 0. The number of nitrogens with one attached hydrogen (secondary N) is 1. The highest BCUT2D eigenvalue weighted by Gasteiger charge is 2.14. The maximum Gasteiger partial charge on any atom is 0.252 e. The van der Waals surface area contributed by atoms with Gasteiger partial charge in [-0.25, -0.2) is 0 Å². The number of carbonyl (C=O) groups is 1. The second-order valence-corrected chi connectivity index (χ2v) is 7.23. The van der Waals surface area contributed by atoms with Gasteiger partial charge in [0.2, 0.25) is 0 Å². The second-order valence-electron chi connectivity index (χ2n) is 3.75. The predicted molar refractivity (Wildman–Crippen MR) is 93.2 cm³/mol. The van der Waals surface area contributed by atoms with Crippen molar-refractivity contribution in [2.75, 3.05) is 13.2 Å². The normalized spacial score (nSPS) is 12.3. The molecule has 0 bridgehead atoms. The van der Waals surface area contributed by atoms with E-state index in [9.17, 15) is 4.79 Å². The molecule has 3 nitrogen and oxygen atoms in total. The van der Waals surface area contributed by atoms with E-state index >= 15 is 0 Å². The molecule has 1 unspecified atom stereocenters. The van der Waals surface area contributed by atoms with Crippen LogP contribution in [0.5, 0.6) is 0 Å². The SMILES string of the molecule is CC(CO)CNC(=O)c1cc(I)cc(I)c1I. The Labute approximate surface area is 142 Å². The molecule has 1 aromatic rings. The van der Waals surface area contributed by atoms with Gasteiger partial charge < -0.3 is 10.4 Å². The third kappa shape index (κ3) is 4.78. The smallest absolute Gasteiger partial charge is 0.252 e. The minimum atomic E-state index is -0.0777. The van der Waals surface area contributed by atoms with Crippen molar-refractivity contribution in [3.05, 3.63) is 28.4 Å². The van der Waals surface area contributed by atoms with Gasteiger partial charge in [0, 0.05) is 23.9 Å². The van der Waals surface area contributed by atoms with Crippen LogP contribution < -0.4 is 5.32 Å². The van der Waals surface area contributed by atoms with Gasteiger partial charge in [-0.05, 0) is 85.8 Å². The van der Waals surface area contributed by atoms with Crippen LogP contribution in [0.1, 0.15) is 17.3 Å². The highest BCUT2D eigenvalue weighted by atomic mass is 127. The molecule has 0 spiro atoms. The fourth-order valence-electron chi connectivity index (χ4n) is 1.15. The van der Waals surface area contributed by atoms with Crippen molar-refractivity contribution in [1.82, 2.24) is 5.32 Å². The summed E-state index contributed by atoms with van der Waals surface area (Å²) in [5, 5.41) is 11.7. The van der Waals surface area contributed by atoms with Crippen LogP contribution in [0.4, 0.5) is 0 Å². The fourth-order valence-corrected chi connectivity index (χ4v) is 3.55. The van der Waals surface area contributed by atoms with Crippen molar-refractivity contribution in [2.45, 2.75) is 6.92 Å². The molecule has 0 aliphatic carbocycles. The van der Waals surface area contributed by atoms with E-state index in [1.807, 2.05) is 19.1 Å². The Hall–Kier alpha value is 0.840. The van der Waals surface area contributed by atoms with E-state index in [4.69, 9.17) is 5.11 Å². The number of rotatable bonds is 4. The molecule has 1 atom stereocenters. The van der Waals surface area contributed by atoms with Crippen LogP contribution in [0, 0.1) is 16.6 Å². The predicted octanol–water partition coefficient (Wildman–Crippen LogP) is 2.86. The monoisotopic (exact) mass is 571 g/mol. The van der Waals surface area contributed by atoms with Gasteiger partial charge in [0.05, 0.1) is 5.56 Å². The molecular weight excluding hydrogens is 559 g/mol. The number of amides is 1. The van der Waals surface area contributed by atoms with E-state index in [0.717, 1.165) is 10.7 Å². The number of aliphatic hydroxyl groups excluding tert-OH is 1. The topological polar surface area (TPSA) is 49.3 Å². The van der Waals surface area contributed by atoms with Gasteiger partial charge in [0.25, 0.3) is 5.91 Å². The average Bonchev–Trinajstić information content (AvgIpc) is 2.30. The van der Waals surface area contributed by atoms with Crippen molar-refractivity contribution in [3.63, 3.8) is 0 Å². The maximum absolute atomic E-state index is 12.0. The van der Waals surface area contributed by atoms with Crippen molar-refractivity contribution in [1.29, 1.82) is 0 Å². The highest BCUT2D eigenvalue weighted by Crippen LogP contribution is 2.22. The Morgan fingerprint density at radius 1 is 1.41 bits per heavy atom. The molecule has 0 saturated carbocycles. The average molecular weight is 571 g/mol. The molecule has 0 aliphatic rings. The lowest BCUT2D eigenvalue weighted by atomic mass is 10.2. The Morgan fingerprint density at radius 2 is 2.06 bits per heavy atom. The Morgan fingerprint density at radius 3 is 2.65 bits per heavy atom. The molecule has 0 heterocycles. The van der Waals surface area contributed by atoms with Crippen LogP contribution in [-0.2, 0) is 0 Å². The number of halogens is 3. The minimum absolute atomic E-state index is 0.0777. The van der Waals surface area contributed by atoms with Crippen LogP contribution in [0.2, 0.25) is 0 Å². The van der Waals surface area contributed by atoms with E-state index in [1.54, 1.807) is 0 Å². The molecule has 0 saturated heterocycles. The maximum atomic E-state index is 12.0. The first-order valence-corrected chi connectivity index (χ1v) is 8.23. The van der Waals surface area contributed by atoms with Crippen molar-refractivity contribution < 1.29 is 9.90 Å². The quantitative estimate of drug-likeness (QED) is 0.432. The zero-order chi connectivity index (χ0) is 13.0. The zero-order valence-corrected chi connectivity index (χ0v) is 15.6. The van der Waals surface area contributed by atoms with E-state index in [2.05, 4.69) is 73.1 Å². The molecule has 0 fully saturated rings. The van der Waals surface area contributed by atoms with Crippen LogP contribution in [0.3, 0.4) is 0 Å². The molecule has 94 valence electrons. The molecule has 6 heteroatoms. The first kappa shape index (κ1) is 15.9. The van der Waals surface area contributed by atoms with Gasteiger partial charge in [-0.3, -0.25) is 4.79 Å². The molecule has 1 aromatic carbocycles. The highest BCUT2D eigenvalue weighted by molar-refractivity contribution is 14.1.